The summed E-state index contributed by atoms with van der Waals surface area (Å²) >= 11 is 0. The monoisotopic (exact) mass is 257 g/mol. The Kier molecular flexibility index (Phi) is 3.72. The summed E-state index contributed by atoms with van der Waals surface area (Å²) in [5.74, 6) is 5.48. The number of carbonyl (C=O) groups excluding carboxylic acids is 1. The van der Waals surface area contributed by atoms with E-state index in [0.717, 1.165) is 11.4 Å². The minimum Gasteiger partial charge on any atom is -0.320 e. The van der Waals surface area contributed by atoms with E-state index in [1.165, 1.54) is 6.20 Å². The van der Waals surface area contributed by atoms with E-state index in [2.05, 4.69) is 20.7 Å². The molecule has 0 aromatic carbocycles. The Morgan fingerprint density at radius 2 is 2.00 bits per heavy atom. The maximum Gasteiger partial charge on any atom is 0.257 e. The summed E-state index contributed by atoms with van der Waals surface area (Å²) in [6.07, 6.45) is 1.46. The molecule has 0 aliphatic rings. The van der Waals surface area contributed by atoms with Crippen LogP contribution in [-0.2, 0) is 0 Å². The molecule has 0 saturated carbocycles. The predicted molar refractivity (Wildman–Crippen MR) is 73.7 cm³/mol. The Labute approximate surface area is 111 Å². The number of nitrogen functional groups attached to an aromatic ring is 1. The van der Waals surface area contributed by atoms with E-state index < -0.39 is 0 Å². The molecule has 2 aromatic rings. The van der Waals surface area contributed by atoms with Gasteiger partial charge in [0.05, 0.1) is 16.9 Å². The molecule has 2 aromatic heterocycles. The second-order valence-corrected chi connectivity index (χ2v) is 4.12. The number of aryl methyl sites for hydroxylation is 2. The molecule has 6 heteroatoms. The van der Waals surface area contributed by atoms with Crippen molar-refractivity contribution in [1.82, 2.24) is 9.97 Å². The first kappa shape index (κ1) is 13.0. The molecule has 0 unspecified atom stereocenters. The fourth-order valence-corrected chi connectivity index (χ4v) is 1.63. The van der Waals surface area contributed by atoms with Gasteiger partial charge in [-0.05, 0) is 38.1 Å². The molecule has 0 bridgehead atoms. The van der Waals surface area contributed by atoms with Crippen LogP contribution < -0.4 is 16.6 Å². The number of hydrogen-bond donors (Lipinski definition) is 3. The van der Waals surface area contributed by atoms with Gasteiger partial charge in [0.2, 0.25) is 0 Å². The van der Waals surface area contributed by atoms with E-state index >= 15 is 0 Å². The van der Waals surface area contributed by atoms with E-state index in [-0.39, 0.29) is 5.91 Å². The third kappa shape index (κ3) is 3.05. The standard InChI is InChI=1S/C13H15N5O/c1-8-3-5-11(9(2)16-8)17-13(19)10-4-6-12(18-14)15-7-10/h3-7H,14H2,1-2H3,(H,15,18)(H,17,19). The van der Waals surface area contributed by atoms with Crippen LogP contribution in [0.5, 0.6) is 0 Å². The zero-order valence-electron chi connectivity index (χ0n) is 10.8. The van der Waals surface area contributed by atoms with Gasteiger partial charge in [-0.25, -0.2) is 10.8 Å². The molecule has 98 valence electrons. The number of anilines is 2. The number of aromatic nitrogens is 2. The van der Waals surface area contributed by atoms with Gasteiger partial charge in [0.25, 0.3) is 5.91 Å². The molecule has 2 heterocycles. The lowest BCUT2D eigenvalue weighted by molar-refractivity contribution is 0.102. The molecule has 19 heavy (non-hydrogen) atoms. The largest absolute Gasteiger partial charge is 0.320 e. The fourth-order valence-electron chi connectivity index (χ4n) is 1.63. The van der Waals surface area contributed by atoms with Crippen LogP contribution in [-0.4, -0.2) is 15.9 Å². The van der Waals surface area contributed by atoms with Crippen LogP contribution >= 0.6 is 0 Å². The van der Waals surface area contributed by atoms with Gasteiger partial charge in [-0.2, -0.15) is 0 Å². The summed E-state index contributed by atoms with van der Waals surface area (Å²) in [5, 5.41) is 2.80. The summed E-state index contributed by atoms with van der Waals surface area (Å²) in [6.45, 7) is 3.75. The molecule has 0 fully saturated rings. The van der Waals surface area contributed by atoms with Crippen LogP contribution in [0.3, 0.4) is 0 Å². The SMILES string of the molecule is Cc1ccc(NC(=O)c2ccc(NN)nc2)c(C)n1. The van der Waals surface area contributed by atoms with Crippen molar-refractivity contribution in [1.29, 1.82) is 0 Å². The van der Waals surface area contributed by atoms with Gasteiger partial charge in [-0.3, -0.25) is 9.78 Å². The van der Waals surface area contributed by atoms with E-state index in [1.807, 2.05) is 26.0 Å². The highest BCUT2D eigenvalue weighted by molar-refractivity contribution is 6.04. The third-order valence-electron chi connectivity index (χ3n) is 2.65. The number of rotatable bonds is 3. The molecule has 0 aliphatic carbocycles. The van der Waals surface area contributed by atoms with Crippen molar-refractivity contribution in [3.8, 4) is 0 Å². The van der Waals surface area contributed by atoms with E-state index in [0.29, 0.717) is 17.1 Å². The number of pyridine rings is 2. The summed E-state index contributed by atoms with van der Waals surface area (Å²) < 4.78 is 0. The van der Waals surface area contributed by atoms with E-state index in [1.54, 1.807) is 12.1 Å². The Bertz CT molecular complexity index is 594. The molecule has 0 saturated heterocycles. The number of hydrazine groups is 1. The molecule has 0 radical (unpaired) electrons. The lowest BCUT2D eigenvalue weighted by Crippen LogP contribution is -2.14. The molecular formula is C13H15N5O. The maximum absolute atomic E-state index is 12.0. The summed E-state index contributed by atoms with van der Waals surface area (Å²) in [6, 6.07) is 6.96. The van der Waals surface area contributed by atoms with Crippen LogP contribution in [0.15, 0.2) is 30.5 Å². The van der Waals surface area contributed by atoms with Gasteiger partial charge in [0.15, 0.2) is 0 Å². The van der Waals surface area contributed by atoms with Crippen molar-refractivity contribution in [3.63, 3.8) is 0 Å². The summed E-state index contributed by atoms with van der Waals surface area (Å²) in [4.78, 5) is 20.3. The summed E-state index contributed by atoms with van der Waals surface area (Å²) in [7, 11) is 0. The number of nitrogens with zero attached hydrogens (tertiary/aromatic N) is 2. The minimum atomic E-state index is -0.232. The number of hydrogen-bond acceptors (Lipinski definition) is 5. The normalized spacial score (nSPS) is 10.1. The van der Waals surface area contributed by atoms with Crippen LogP contribution in [0.2, 0.25) is 0 Å². The quantitative estimate of drug-likeness (QED) is 0.574. The van der Waals surface area contributed by atoms with Gasteiger partial charge in [0.1, 0.15) is 5.82 Å². The number of nitrogens with one attached hydrogen (secondary N) is 2. The van der Waals surface area contributed by atoms with Crippen molar-refractivity contribution < 1.29 is 4.79 Å². The smallest absolute Gasteiger partial charge is 0.257 e. The first-order chi connectivity index (χ1) is 9.10. The third-order valence-corrected chi connectivity index (χ3v) is 2.65. The van der Waals surface area contributed by atoms with Crippen molar-refractivity contribution >= 4 is 17.4 Å². The van der Waals surface area contributed by atoms with Gasteiger partial charge < -0.3 is 10.7 Å². The zero-order valence-corrected chi connectivity index (χ0v) is 10.8. The highest BCUT2D eigenvalue weighted by atomic mass is 16.1. The minimum absolute atomic E-state index is 0.232. The van der Waals surface area contributed by atoms with Gasteiger partial charge in [0, 0.05) is 11.9 Å². The van der Waals surface area contributed by atoms with Crippen molar-refractivity contribution in [3.05, 3.63) is 47.4 Å². The second-order valence-electron chi connectivity index (χ2n) is 4.12. The summed E-state index contributed by atoms with van der Waals surface area (Å²) in [5.41, 5.74) is 5.25. The Morgan fingerprint density at radius 1 is 1.21 bits per heavy atom. The lowest BCUT2D eigenvalue weighted by atomic mass is 10.2. The molecular weight excluding hydrogens is 242 g/mol. The first-order valence-electron chi connectivity index (χ1n) is 5.78. The lowest BCUT2D eigenvalue weighted by Gasteiger charge is -2.08. The van der Waals surface area contributed by atoms with E-state index in [9.17, 15) is 4.79 Å². The zero-order chi connectivity index (χ0) is 13.8. The van der Waals surface area contributed by atoms with E-state index in [4.69, 9.17) is 5.84 Å². The Morgan fingerprint density at radius 3 is 2.58 bits per heavy atom. The molecule has 1 amide bonds. The van der Waals surface area contributed by atoms with Crippen LogP contribution in [0.1, 0.15) is 21.7 Å². The van der Waals surface area contributed by atoms with Crippen molar-refractivity contribution in [2.45, 2.75) is 13.8 Å². The first-order valence-corrected chi connectivity index (χ1v) is 5.78. The number of amides is 1. The van der Waals surface area contributed by atoms with Gasteiger partial charge in [-0.1, -0.05) is 0 Å². The molecule has 0 aliphatic heterocycles. The second kappa shape index (κ2) is 5.45. The highest BCUT2D eigenvalue weighted by Gasteiger charge is 2.08. The number of nitrogens with two attached hydrogens (primary N) is 1. The molecule has 0 atom stereocenters. The molecule has 2 rings (SSSR count). The number of carbonyl (C=O) groups is 1. The van der Waals surface area contributed by atoms with Crippen LogP contribution in [0, 0.1) is 13.8 Å². The Balaban J connectivity index is 2.15. The average Bonchev–Trinajstić information content (AvgIpc) is 2.42. The molecule has 0 spiro atoms. The van der Waals surface area contributed by atoms with Crippen molar-refractivity contribution in [2.75, 3.05) is 10.7 Å². The highest BCUT2D eigenvalue weighted by Crippen LogP contribution is 2.14. The van der Waals surface area contributed by atoms with Crippen LogP contribution in [0.25, 0.3) is 0 Å². The van der Waals surface area contributed by atoms with Crippen molar-refractivity contribution in [2.24, 2.45) is 5.84 Å². The topological polar surface area (TPSA) is 92.9 Å². The molecule has 6 nitrogen and oxygen atoms in total. The van der Waals surface area contributed by atoms with Crippen LogP contribution in [0.4, 0.5) is 11.5 Å². The predicted octanol–water partition coefficient (Wildman–Crippen LogP) is 1.63. The maximum atomic E-state index is 12.0. The van der Waals surface area contributed by atoms with Gasteiger partial charge >= 0.3 is 0 Å². The molecule has 4 N–H and O–H groups in total. The van der Waals surface area contributed by atoms with Gasteiger partial charge in [-0.15, -0.1) is 0 Å². The average molecular weight is 257 g/mol. The fraction of sp³-hybridized carbons (Fsp3) is 0.154. The Hall–Kier alpha value is -2.47.